The number of rotatable bonds is 7. The van der Waals surface area contributed by atoms with E-state index < -0.39 is 26.7 Å². The molecule has 190 valence electrons. The van der Waals surface area contributed by atoms with E-state index in [4.69, 9.17) is 16.3 Å². The second kappa shape index (κ2) is 10.6. The highest BCUT2D eigenvalue weighted by Gasteiger charge is 2.23. The zero-order valence-corrected chi connectivity index (χ0v) is 21.3. The summed E-state index contributed by atoms with van der Waals surface area (Å²) in [5, 5.41) is 22.9. The molecule has 4 rings (SSSR count). The Bertz CT molecular complexity index is 1640. The highest BCUT2D eigenvalue weighted by Crippen LogP contribution is 2.42. The van der Waals surface area contributed by atoms with Crippen molar-refractivity contribution < 1.29 is 27.6 Å². The fourth-order valence-corrected chi connectivity index (χ4v) is 5.00. The Morgan fingerprint density at radius 2 is 1.70 bits per heavy atom. The molecule has 0 aliphatic carbocycles. The van der Waals surface area contributed by atoms with Gasteiger partial charge in [0.05, 0.1) is 17.7 Å². The van der Waals surface area contributed by atoms with Crippen LogP contribution < -0.4 is 10.1 Å². The van der Waals surface area contributed by atoms with Crippen molar-refractivity contribution in [3.63, 3.8) is 0 Å². The number of fused-ring (bicyclic) bond motifs is 1. The van der Waals surface area contributed by atoms with Crippen molar-refractivity contribution in [3.8, 4) is 11.5 Å². The van der Waals surface area contributed by atoms with Crippen molar-refractivity contribution in [2.75, 3.05) is 12.4 Å². The number of carbonyl (C=O) groups is 1. The average Bonchev–Trinajstić information content (AvgIpc) is 2.88. The normalized spacial score (nSPS) is 11.7. The molecule has 0 aliphatic rings. The van der Waals surface area contributed by atoms with Crippen LogP contribution in [0.3, 0.4) is 0 Å². The number of halogens is 1. The molecule has 0 heterocycles. The van der Waals surface area contributed by atoms with E-state index in [9.17, 15) is 22.9 Å². The Kier molecular flexibility index (Phi) is 7.44. The summed E-state index contributed by atoms with van der Waals surface area (Å²) in [4.78, 5) is 12.6. The summed E-state index contributed by atoms with van der Waals surface area (Å²) in [5.41, 5.74) is 0.342. The third-order valence-electron chi connectivity index (χ3n) is 5.64. The Balaban J connectivity index is 1.84. The number of hydrogen-bond donors (Lipinski definition) is 3. The van der Waals surface area contributed by atoms with Gasteiger partial charge in [-0.15, -0.1) is 10.2 Å². The molecule has 0 unspecified atom stereocenters. The van der Waals surface area contributed by atoms with E-state index in [0.717, 1.165) is 0 Å². The van der Waals surface area contributed by atoms with Crippen molar-refractivity contribution in [1.82, 2.24) is 0 Å². The van der Waals surface area contributed by atoms with Crippen LogP contribution in [0, 0.1) is 0 Å². The van der Waals surface area contributed by atoms with Crippen LogP contribution in [0.4, 0.5) is 17.1 Å². The maximum absolute atomic E-state index is 13.1. The van der Waals surface area contributed by atoms with Crippen molar-refractivity contribution in [3.05, 3.63) is 82.9 Å². The molecule has 9 nitrogen and oxygen atoms in total. The smallest absolute Gasteiger partial charge is 0.297 e. The maximum Gasteiger partial charge on any atom is 0.297 e. The van der Waals surface area contributed by atoms with E-state index in [1.807, 2.05) is 0 Å². The molecular formula is C26H22ClN3O6S. The third-order valence-corrected chi connectivity index (χ3v) is 6.92. The lowest BCUT2D eigenvalue weighted by molar-refractivity contribution is 0.102. The maximum atomic E-state index is 13.1. The predicted molar refractivity (Wildman–Crippen MR) is 141 cm³/mol. The largest absolute Gasteiger partial charge is 0.505 e. The number of nitrogens with zero attached hydrogens (tertiary/aromatic N) is 2. The molecule has 11 heteroatoms. The number of phenols is 1. The van der Waals surface area contributed by atoms with Crippen LogP contribution in [0.1, 0.15) is 22.8 Å². The van der Waals surface area contributed by atoms with Crippen LogP contribution in [-0.2, 0) is 16.5 Å². The first-order valence-corrected chi connectivity index (χ1v) is 12.9. The second-order valence-corrected chi connectivity index (χ2v) is 9.70. The van der Waals surface area contributed by atoms with Gasteiger partial charge in [0.2, 0.25) is 0 Å². The van der Waals surface area contributed by atoms with E-state index in [-0.39, 0.29) is 28.4 Å². The van der Waals surface area contributed by atoms with Gasteiger partial charge in [-0.3, -0.25) is 9.35 Å². The molecule has 1 amide bonds. The fraction of sp³-hybridized carbons (Fsp3) is 0.115. The third kappa shape index (κ3) is 5.41. The summed E-state index contributed by atoms with van der Waals surface area (Å²) in [7, 11) is -3.16. The number of amides is 1. The minimum absolute atomic E-state index is 0.0641. The van der Waals surface area contributed by atoms with Gasteiger partial charge in [0, 0.05) is 11.1 Å². The van der Waals surface area contributed by atoms with E-state index in [1.165, 1.54) is 25.3 Å². The zero-order valence-electron chi connectivity index (χ0n) is 19.8. The topological polar surface area (TPSA) is 138 Å². The molecule has 4 aromatic carbocycles. The molecule has 0 fully saturated rings. The van der Waals surface area contributed by atoms with Gasteiger partial charge in [-0.2, -0.15) is 8.42 Å². The lowest BCUT2D eigenvalue weighted by Crippen LogP contribution is -2.12. The Hall–Kier alpha value is -3.99. The number of methoxy groups -OCH3 is 1. The molecule has 4 aromatic rings. The van der Waals surface area contributed by atoms with Crippen molar-refractivity contribution in [2.24, 2.45) is 10.2 Å². The Morgan fingerprint density at radius 1 is 1.03 bits per heavy atom. The van der Waals surface area contributed by atoms with Gasteiger partial charge < -0.3 is 15.2 Å². The standard InChI is InChI=1S/C26H22ClN3O6S/c1-3-15-8-13-21(27)23(25(15)37(33,34)35)30-29-22-19-7-5-4-6-16(19)14-20(24(22)31)26(32)28-17-9-11-18(36-2)12-10-17/h4-14,31H,3H2,1-2H3,(H,28,32)(H,33,34,35). The van der Waals surface area contributed by atoms with Crippen molar-refractivity contribution >= 4 is 55.5 Å². The minimum Gasteiger partial charge on any atom is -0.505 e. The molecule has 0 atom stereocenters. The Morgan fingerprint density at radius 3 is 2.35 bits per heavy atom. The molecule has 0 aromatic heterocycles. The van der Waals surface area contributed by atoms with Crippen molar-refractivity contribution in [1.29, 1.82) is 0 Å². The van der Waals surface area contributed by atoms with Crippen LogP contribution in [0.5, 0.6) is 11.5 Å². The number of nitrogens with one attached hydrogen (secondary N) is 1. The van der Waals surface area contributed by atoms with E-state index in [0.29, 0.717) is 27.8 Å². The summed E-state index contributed by atoms with van der Waals surface area (Å²) in [6.45, 7) is 1.71. The van der Waals surface area contributed by atoms with Gasteiger partial charge in [0.1, 0.15) is 22.0 Å². The number of phenolic OH excluding ortho intramolecular Hbond substituents is 1. The van der Waals surface area contributed by atoms with E-state index in [1.54, 1.807) is 55.5 Å². The summed E-state index contributed by atoms with van der Waals surface area (Å²) < 4.78 is 39.2. The second-order valence-electron chi connectivity index (χ2n) is 7.94. The van der Waals surface area contributed by atoms with Gasteiger partial charge in [-0.1, -0.05) is 48.9 Å². The van der Waals surface area contributed by atoms with Gasteiger partial charge in [-0.25, -0.2) is 0 Å². The fourth-order valence-electron chi connectivity index (χ4n) is 3.81. The van der Waals surface area contributed by atoms with Crippen LogP contribution in [0.2, 0.25) is 5.02 Å². The summed E-state index contributed by atoms with van der Waals surface area (Å²) in [5.74, 6) is -0.455. The molecule has 37 heavy (non-hydrogen) atoms. The lowest BCUT2D eigenvalue weighted by Gasteiger charge is -2.12. The summed E-state index contributed by atoms with van der Waals surface area (Å²) in [6.07, 6.45) is 0.282. The SMILES string of the molecule is CCc1ccc(Cl)c(N=Nc2c(O)c(C(=O)Nc3ccc(OC)cc3)cc3ccccc23)c1S(=O)(=O)O. The molecule has 0 spiro atoms. The number of hydrogen-bond acceptors (Lipinski definition) is 7. The molecule has 0 saturated heterocycles. The van der Waals surface area contributed by atoms with E-state index in [2.05, 4.69) is 15.5 Å². The molecule has 0 aliphatic heterocycles. The van der Waals surface area contributed by atoms with Gasteiger partial charge in [0.15, 0.2) is 5.75 Å². The molecular weight excluding hydrogens is 518 g/mol. The number of ether oxygens (including phenoxy) is 1. The summed E-state index contributed by atoms with van der Waals surface area (Å²) >= 11 is 6.22. The van der Waals surface area contributed by atoms with E-state index >= 15 is 0 Å². The highest BCUT2D eigenvalue weighted by atomic mass is 35.5. The number of aryl methyl sites for hydroxylation is 1. The molecule has 0 bridgehead atoms. The molecule has 0 radical (unpaired) electrons. The minimum atomic E-state index is -4.69. The molecule has 0 saturated carbocycles. The number of benzene rings is 4. The van der Waals surface area contributed by atoms with Crippen LogP contribution in [0.15, 0.2) is 81.9 Å². The first kappa shape index (κ1) is 26.1. The molecule has 3 N–H and O–H groups in total. The van der Waals surface area contributed by atoms with Crippen LogP contribution >= 0.6 is 11.6 Å². The Labute approximate surface area is 218 Å². The number of anilines is 1. The number of carbonyl (C=O) groups excluding carboxylic acids is 1. The number of aromatic hydroxyl groups is 1. The zero-order chi connectivity index (χ0) is 26.7. The number of azo groups is 1. The first-order chi connectivity index (χ1) is 17.6. The van der Waals surface area contributed by atoms with Gasteiger partial charge >= 0.3 is 0 Å². The van der Waals surface area contributed by atoms with Gasteiger partial charge in [-0.05, 0) is 53.8 Å². The first-order valence-electron chi connectivity index (χ1n) is 11.0. The van der Waals surface area contributed by atoms with Crippen molar-refractivity contribution in [2.45, 2.75) is 18.2 Å². The van der Waals surface area contributed by atoms with Crippen LogP contribution in [-0.4, -0.2) is 31.1 Å². The average molecular weight is 540 g/mol. The predicted octanol–water partition coefficient (Wildman–Crippen LogP) is 6.68. The lowest BCUT2D eigenvalue weighted by atomic mass is 10.0. The highest BCUT2D eigenvalue weighted by molar-refractivity contribution is 7.86. The summed E-state index contributed by atoms with van der Waals surface area (Å²) in [6, 6.07) is 17.9. The quantitative estimate of drug-likeness (QED) is 0.177. The van der Waals surface area contributed by atoms with Crippen LogP contribution in [0.25, 0.3) is 10.8 Å². The van der Waals surface area contributed by atoms with Gasteiger partial charge in [0.25, 0.3) is 16.0 Å². The monoisotopic (exact) mass is 539 g/mol.